The van der Waals surface area contributed by atoms with Crippen molar-refractivity contribution in [2.24, 2.45) is 18.1 Å². The second-order valence-electron chi connectivity index (χ2n) is 3.94. The van der Waals surface area contributed by atoms with Gasteiger partial charge < -0.3 is 0 Å². The summed E-state index contributed by atoms with van der Waals surface area (Å²) in [5.74, 6) is 0. The molecule has 0 bridgehead atoms. The highest BCUT2D eigenvalue weighted by Crippen LogP contribution is 2.77. The Morgan fingerprint density at radius 3 is 1.06 bits per heavy atom. The topological polar surface area (TPSA) is 49.4 Å². The van der Waals surface area contributed by atoms with E-state index >= 15 is 0 Å². The van der Waals surface area contributed by atoms with Crippen molar-refractivity contribution in [3.8, 4) is 0 Å². The molecule has 0 spiro atoms. The summed E-state index contributed by atoms with van der Waals surface area (Å²) in [5.41, 5.74) is 0. The molecule has 96 valence electrons. The second-order valence-corrected chi connectivity index (χ2v) is 14.0. The maximum absolute atomic E-state index is 13.4. The van der Waals surface area contributed by atoms with E-state index < -0.39 is 30.1 Å². The minimum absolute atomic E-state index is 1.22. The maximum Gasteiger partial charge on any atom is 0.417 e. The fraction of sp³-hybridized carbons (Fsp3) is 1.00. The second kappa shape index (κ2) is 4.09. The molecule has 0 aliphatic carbocycles. The van der Waals surface area contributed by atoms with Crippen molar-refractivity contribution in [2.45, 2.75) is 0 Å². The number of hydrogen-bond donors (Lipinski definition) is 0. The first-order valence-corrected chi connectivity index (χ1v) is 12.2. The molecule has 16 heavy (non-hydrogen) atoms. The Labute approximate surface area is 92.2 Å². The van der Waals surface area contributed by atoms with Gasteiger partial charge in [-0.2, -0.15) is 18.1 Å². The summed E-state index contributed by atoms with van der Waals surface area (Å²) >= 11 is 0. The van der Waals surface area contributed by atoms with Gasteiger partial charge in [-0.25, -0.2) is 0 Å². The van der Waals surface area contributed by atoms with E-state index in [4.69, 9.17) is 0 Å². The van der Waals surface area contributed by atoms with Crippen LogP contribution in [0.5, 0.6) is 0 Å². The standard InChI is InChI=1S/C4H12F4N4P4/c1-13(2)9-15(5,6)11-14(3,4)12-16(7,8)10-13/h1-4H3. The molecule has 0 aromatic carbocycles. The van der Waals surface area contributed by atoms with Gasteiger partial charge in [0.25, 0.3) is 0 Å². The Morgan fingerprint density at radius 2 is 0.812 bits per heavy atom. The van der Waals surface area contributed by atoms with Gasteiger partial charge in [0.15, 0.2) is 0 Å². The molecule has 0 atom stereocenters. The number of nitrogens with zero attached hydrogens (tertiary/aromatic N) is 4. The molecular weight excluding hydrogens is 304 g/mol. The van der Waals surface area contributed by atoms with Gasteiger partial charge >= 0.3 is 15.7 Å². The van der Waals surface area contributed by atoms with Crippen molar-refractivity contribution in [1.82, 2.24) is 0 Å². The van der Waals surface area contributed by atoms with E-state index in [-0.39, 0.29) is 0 Å². The predicted octanol–water partition coefficient (Wildman–Crippen LogP) is 6.52. The van der Waals surface area contributed by atoms with Gasteiger partial charge in [0.2, 0.25) is 0 Å². The molecule has 4 nitrogen and oxygen atoms in total. The minimum Gasteiger partial charge on any atom is -0.185 e. The highest BCUT2D eigenvalue weighted by atomic mass is 31.3. The summed E-state index contributed by atoms with van der Waals surface area (Å²) in [4.78, 5) is 0. The summed E-state index contributed by atoms with van der Waals surface area (Å²) < 4.78 is 66.1. The fourth-order valence-electron chi connectivity index (χ4n) is 1.12. The molecule has 0 radical (unpaired) electrons. The maximum atomic E-state index is 13.4. The van der Waals surface area contributed by atoms with Crippen molar-refractivity contribution >= 4 is 30.1 Å². The highest BCUT2D eigenvalue weighted by Gasteiger charge is 2.30. The quantitative estimate of drug-likeness (QED) is 0.361. The van der Waals surface area contributed by atoms with Gasteiger partial charge in [0.1, 0.15) is 0 Å². The SMILES string of the molecule is CP1(C)=NP(F)(F)=NP(C)(C)=NP(F)(F)=N1. The van der Waals surface area contributed by atoms with E-state index in [9.17, 15) is 16.8 Å². The lowest BCUT2D eigenvalue weighted by atomic mass is 11.9. The zero-order valence-corrected chi connectivity index (χ0v) is 12.7. The first kappa shape index (κ1) is 14.7. The van der Waals surface area contributed by atoms with Gasteiger partial charge in [0, 0.05) is 0 Å². The third kappa shape index (κ3) is 4.49. The molecular formula is C4H12F4N4P4. The van der Waals surface area contributed by atoms with Crippen LogP contribution in [0.4, 0.5) is 16.8 Å². The predicted molar refractivity (Wildman–Crippen MR) is 65.5 cm³/mol. The average molecular weight is 316 g/mol. The van der Waals surface area contributed by atoms with Crippen molar-refractivity contribution in [3.05, 3.63) is 0 Å². The summed E-state index contributed by atoms with van der Waals surface area (Å²) in [7, 11) is -15.8. The lowest BCUT2D eigenvalue weighted by Gasteiger charge is -2.18. The zero-order chi connectivity index (χ0) is 12.8. The van der Waals surface area contributed by atoms with Crippen molar-refractivity contribution < 1.29 is 16.8 Å². The van der Waals surface area contributed by atoms with Gasteiger partial charge in [0.05, 0.1) is 14.4 Å². The Kier molecular flexibility index (Phi) is 3.75. The van der Waals surface area contributed by atoms with E-state index in [1.165, 1.54) is 26.7 Å². The van der Waals surface area contributed by atoms with E-state index in [0.717, 1.165) is 0 Å². The highest BCUT2D eigenvalue weighted by molar-refractivity contribution is 7.82. The largest absolute Gasteiger partial charge is 0.417 e. The van der Waals surface area contributed by atoms with E-state index in [1.54, 1.807) is 0 Å². The normalized spacial score (nSPS) is 29.5. The Morgan fingerprint density at radius 1 is 0.562 bits per heavy atom. The summed E-state index contributed by atoms with van der Waals surface area (Å²) in [6.07, 6.45) is 0. The third-order valence-corrected chi connectivity index (χ3v) is 11.8. The molecule has 0 fully saturated rings. The first-order chi connectivity index (χ1) is 6.83. The van der Waals surface area contributed by atoms with Crippen LogP contribution in [0, 0.1) is 0 Å². The van der Waals surface area contributed by atoms with Gasteiger partial charge in [-0.1, -0.05) is 0 Å². The zero-order valence-electron chi connectivity index (χ0n) is 9.09. The molecule has 0 aromatic heterocycles. The van der Waals surface area contributed by atoms with E-state index in [0.29, 0.717) is 0 Å². The van der Waals surface area contributed by atoms with Gasteiger partial charge in [-0.15, -0.1) is 16.8 Å². The van der Waals surface area contributed by atoms with Crippen LogP contribution in [0.25, 0.3) is 0 Å². The number of halogens is 4. The average Bonchev–Trinajstić information content (AvgIpc) is 1.67. The van der Waals surface area contributed by atoms with Crippen molar-refractivity contribution in [2.75, 3.05) is 26.7 Å². The van der Waals surface area contributed by atoms with Crippen LogP contribution in [0.15, 0.2) is 18.1 Å². The molecule has 1 heterocycles. The fourth-order valence-corrected chi connectivity index (χ4v) is 11.4. The monoisotopic (exact) mass is 316 g/mol. The third-order valence-electron chi connectivity index (χ3n) is 1.31. The first-order valence-electron chi connectivity index (χ1n) is 4.06. The van der Waals surface area contributed by atoms with Crippen LogP contribution >= 0.6 is 30.1 Å². The molecule has 0 unspecified atom stereocenters. The summed E-state index contributed by atoms with van der Waals surface area (Å²) in [5, 5.41) is 0. The molecule has 1 aliphatic rings. The molecule has 0 saturated carbocycles. The van der Waals surface area contributed by atoms with Gasteiger partial charge in [-0.3, -0.25) is 0 Å². The van der Waals surface area contributed by atoms with Crippen LogP contribution in [0.3, 0.4) is 0 Å². The minimum atomic E-state index is -4.86. The molecule has 0 aromatic rings. The Hall–Kier alpha value is 0.640. The van der Waals surface area contributed by atoms with Crippen LogP contribution in [-0.4, -0.2) is 26.7 Å². The van der Waals surface area contributed by atoms with Crippen molar-refractivity contribution in [3.63, 3.8) is 0 Å². The van der Waals surface area contributed by atoms with Crippen LogP contribution in [-0.2, 0) is 0 Å². The molecule has 0 saturated heterocycles. The summed E-state index contributed by atoms with van der Waals surface area (Å²) in [6, 6.07) is 0. The van der Waals surface area contributed by atoms with Crippen LogP contribution in [0.2, 0.25) is 0 Å². The van der Waals surface area contributed by atoms with Crippen LogP contribution < -0.4 is 0 Å². The lowest BCUT2D eigenvalue weighted by Crippen LogP contribution is -1.76. The number of rotatable bonds is 0. The van der Waals surface area contributed by atoms with E-state index in [2.05, 4.69) is 18.1 Å². The number of hydrogen-bond acceptors (Lipinski definition) is 4. The molecule has 0 N–H and O–H groups in total. The Bertz CT molecular complexity index is 394. The van der Waals surface area contributed by atoms with E-state index in [1.807, 2.05) is 0 Å². The smallest absolute Gasteiger partial charge is 0.185 e. The van der Waals surface area contributed by atoms with Crippen molar-refractivity contribution in [1.29, 1.82) is 0 Å². The van der Waals surface area contributed by atoms with Crippen LogP contribution in [0.1, 0.15) is 0 Å². The summed E-state index contributed by atoms with van der Waals surface area (Å²) in [6.45, 7) is 4.88. The lowest BCUT2D eigenvalue weighted by molar-refractivity contribution is 0.724. The molecule has 0 amide bonds. The molecule has 12 heteroatoms. The molecule has 1 rings (SSSR count). The Balaban J connectivity index is 3.67. The van der Waals surface area contributed by atoms with Gasteiger partial charge in [-0.05, 0) is 26.7 Å². The molecule has 1 aliphatic heterocycles.